The van der Waals surface area contributed by atoms with Crippen molar-refractivity contribution < 1.29 is 9.84 Å². The normalized spacial score (nSPS) is 15.9. The highest BCUT2D eigenvalue weighted by atomic mass is 35.5. The molecule has 0 aliphatic carbocycles. The number of halogens is 1. The van der Waals surface area contributed by atoms with E-state index in [4.69, 9.17) is 16.3 Å². The Morgan fingerprint density at radius 2 is 1.94 bits per heavy atom. The number of aliphatic hydroxyl groups excluding tert-OH is 1. The lowest BCUT2D eigenvalue weighted by Gasteiger charge is -2.33. The fourth-order valence-corrected chi connectivity index (χ4v) is 2.02. The summed E-state index contributed by atoms with van der Waals surface area (Å²) in [6.07, 6.45) is -0.922. The van der Waals surface area contributed by atoms with E-state index in [9.17, 15) is 5.11 Å². The summed E-state index contributed by atoms with van der Waals surface area (Å²) >= 11 is 5.90. The summed E-state index contributed by atoms with van der Waals surface area (Å²) in [5, 5.41) is 10.9. The molecule has 1 aromatic rings. The molecule has 0 saturated heterocycles. The van der Waals surface area contributed by atoms with Crippen molar-refractivity contribution in [1.82, 2.24) is 0 Å². The van der Waals surface area contributed by atoms with E-state index in [-0.39, 0.29) is 11.5 Å². The Balaban J connectivity index is 2.96. The summed E-state index contributed by atoms with van der Waals surface area (Å²) in [4.78, 5) is 0. The third kappa shape index (κ3) is 3.21. The first kappa shape index (κ1) is 13.5. The Morgan fingerprint density at radius 3 is 2.38 bits per heavy atom. The van der Waals surface area contributed by atoms with Gasteiger partial charge in [-0.15, -0.1) is 0 Å². The van der Waals surface area contributed by atoms with Crippen LogP contribution in [0.4, 0.5) is 0 Å². The van der Waals surface area contributed by atoms with Crippen LogP contribution in [0.1, 0.15) is 32.4 Å². The largest absolute Gasteiger partial charge is 0.386 e. The Labute approximate surface area is 102 Å². The lowest BCUT2D eigenvalue weighted by atomic mass is 9.83. The number of ether oxygens (including phenoxy) is 1. The molecule has 1 aromatic carbocycles. The van der Waals surface area contributed by atoms with Gasteiger partial charge in [-0.2, -0.15) is 0 Å². The highest BCUT2D eigenvalue weighted by Crippen LogP contribution is 2.32. The van der Waals surface area contributed by atoms with Gasteiger partial charge >= 0.3 is 0 Å². The predicted octanol–water partition coefficient (Wildman–Crippen LogP) is 3.43. The van der Waals surface area contributed by atoms with Gasteiger partial charge in [0.15, 0.2) is 0 Å². The minimum atomic E-state index is -0.663. The molecule has 2 unspecified atom stereocenters. The van der Waals surface area contributed by atoms with Crippen LogP contribution < -0.4 is 0 Å². The molecule has 0 fully saturated rings. The molecule has 0 radical (unpaired) electrons. The van der Waals surface area contributed by atoms with Gasteiger partial charge in [-0.3, -0.25) is 0 Å². The fourth-order valence-electron chi connectivity index (χ4n) is 1.82. The Kier molecular flexibility index (Phi) is 4.36. The molecule has 0 aliphatic heterocycles. The van der Waals surface area contributed by atoms with Crippen LogP contribution in [0, 0.1) is 5.41 Å². The molecule has 2 atom stereocenters. The molecule has 1 rings (SSSR count). The Bertz CT molecular complexity index is 344. The third-order valence-corrected chi connectivity index (χ3v) is 2.82. The molecule has 0 saturated carbocycles. The minimum Gasteiger partial charge on any atom is -0.386 e. The second kappa shape index (κ2) is 5.17. The van der Waals surface area contributed by atoms with E-state index in [2.05, 4.69) is 0 Å². The summed E-state index contributed by atoms with van der Waals surface area (Å²) in [5.41, 5.74) is 0.658. The standard InChI is InChI=1S/C13H19ClO2/c1-13(2,3)12(16-4)11(15)9-6-5-7-10(14)8-9/h5-8,11-12,15H,1-4H3. The summed E-state index contributed by atoms with van der Waals surface area (Å²) in [6.45, 7) is 6.11. The van der Waals surface area contributed by atoms with Crippen molar-refractivity contribution in [2.75, 3.05) is 7.11 Å². The Morgan fingerprint density at radius 1 is 1.31 bits per heavy atom. The molecular formula is C13H19ClO2. The van der Waals surface area contributed by atoms with Gasteiger partial charge in [-0.1, -0.05) is 44.5 Å². The van der Waals surface area contributed by atoms with Gasteiger partial charge < -0.3 is 9.84 Å². The van der Waals surface area contributed by atoms with Crippen molar-refractivity contribution in [1.29, 1.82) is 0 Å². The monoisotopic (exact) mass is 242 g/mol. The SMILES string of the molecule is COC(C(O)c1cccc(Cl)c1)C(C)(C)C. The minimum absolute atomic E-state index is 0.128. The first-order valence-electron chi connectivity index (χ1n) is 5.32. The van der Waals surface area contributed by atoms with Crippen molar-refractivity contribution in [3.63, 3.8) is 0 Å². The molecule has 2 nitrogen and oxygen atoms in total. The van der Waals surface area contributed by atoms with Gasteiger partial charge in [0.05, 0.1) is 6.10 Å². The predicted molar refractivity (Wildman–Crippen MR) is 66.7 cm³/mol. The van der Waals surface area contributed by atoms with Crippen molar-refractivity contribution in [3.8, 4) is 0 Å². The van der Waals surface area contributed by atoms with Gasteiger partial charge in [0.2, 0.25) is 0 Å². The molecule has 16 heavy (non-hydrogen) atoms. The van der Waals surface area contributed by atoms with Crippen molar-refractivity contribution in [3.05, 3.63) is 34.9 Å². The van der Waals surface area contributed by atoms with Crippen LogP contribution in [0.25, 0.3) is 0 Å². The fraction of sp³-hybridized carbons (Fsp3) is 0.538. The maximum Gasteiger partial charge on any atom is 0.106 e. The van der Waals surface area contributed by atoms with E-state index >= 15 is 0 Å². The lowest BCUT2D eigenvalue weighted by molar-refractivity contribution is -0.0724. The molecule has 0 spiro atoms. The van der Waals surface area contributed by atoms with E-state index in [0.717, 1.165) is 5.56 Å². The average molecular weight is 243 g/mol. The molecule has 0 heterocycles. The molecule has 1 N–H and O–H groups in total. The second-order valence-corrected chi connectivity index (χ2v) is 5.46. The maximum atomic E-state index is 10.3. The highest BCUT2D eigenvalue weighted by Gasteiger charge is 2.32. The van der Waals surface area contributed by atoms with Gasteiger partial charge in [-0.25, -0.2) is 0 Å². The van der Waals surface area contributed by atoms with E-state index in [1.807, 2.05) is 32.9 Å². The molecule has 0 bridgehead atoms. The van der Waals surface area contributed by atoms with Gasteiger partial charge in [0.1, 0.15) is 6.10 Å². The number of hydrogen-bond donors (Lipinski definition) is 1. The van der Waals surface area contributed by atoms with Crippen LogP contribution in [0.3, 0.4) is 0 Å². The summed E-state index contributed by atoms with van der Waals surface area (Å²) in [7, 11) is 1.61. The van der Waals surface area contributed by atoms with Gasteiger partial charge in [0.25, 0.3) is 0 Å². The summed E-state index contributed by atoms with van der Waals surface area (Å²) < 4.78 is 5.38. The first-order valence-corrected chi connectivity index (χ1v) is 5.70. The number of methoxy groups -OCH3 is 1. The average Bonchev–Trinajstić information content (AvgIpc) is 2.16. The third-order valence-electron chi connectivity index (χ3n) is 2.58. The number of rotatable bonds is 3. The molecule has 3 heteroatoms. The van der Waals surface area contributed by atoms with E-state index < -0.39 is 6.10 Å². The zero-order valence-corrected chi connectivity index (χ0v) is 11.0. The van der Waals surface area contributed by atoms with Crippen LogP contribution in [-0.2, 0) is 4.74 Å². The van der Waals surface area contributed by atoms with E-state index in [1.165, 1.54) is 0 Å². The topological polar surface area (TPSA) is 29.5 Å². The molecule has 0 aliphatic rings. The maximum absolute atomic E-state index is 10.3. The summed E-state index contributed by atoms with van der Waals surface area (Å²) in [5.74, 6) is 0. The lowest BCUT2D eigenvalue weighted by Crippen LogP contribution is -2.34. The van der Waals surface area contributed by atoms with Crippen LogP contribution in [0.5, 0.6) is 0 Å². The van der Waals surface area contributed by atoms with Crippen LogP contribution in [0.15, 0.2) is 24.3 Å². The van der Waals surface area contributed by atoms with Crippen molar-refractivity contribution in [2.45, 2.75) is 33.0 Å². The number of benzene rings is 1. The second-order valence-electron chi connectivity index (χ2n) is 5.02. The highest BCUT2D eigenvalue weighted by molar-refractivity contribution is 6.30. The molecule has 0 amide bonds. The van der Waals surface area contributed by atoms with Crippen molar-refractivity contribution in [2.24, 2.45) is 5.41 Å². The zero-order valence-electron chi connectivity index (χ0n) is 10.2. The first-order chi connectivity index (χ1) is 7.36. The number of hydrogen-bond acceptors (Lipinski definition) is 2. The Hall–Kier alpha value is -0.570. The van der Waals surface area contributed by atoms with Crippen molar-refractivity contribution >= 4 is 11.6 Å². The van der Waals surface area contributed by atoms with Crippen LogP contribution in [-0.4, -0.2) is 18.3 Å². The smallest absolute Gasteiger partial charge is 0.106 e. The molecular weight excluding hydrogens is 224 g/mol. The quantitative estimate of drug-likeness (QED) is 0.880. The van der Waals surface area contributed by atoms with Crippen LogP contribution in [0.2, 0.25) is 5.02 Å². The van der Waals surface area contributed by atoms with Gasteiger partial charge in [0, 0.05) is 12.1 Å². The molecule has 90 valence electrons. The number of aliphatic hydroxyl groups is 1. The van der Waals surface area contributed by atoms with E-state index in [1.54, 1.807) is 19.2 Å². The van der Waals surface area contributed by atoms with Gasteiger partial charge in [-0.05, 0) is 23.1 Å². The van der Waals surface area contributed by atoms with Crippen LogP contribution >= 0.6 is 11.6 Å². The molecule has 0 aromatic heterocycles. The summed E-state index contributed by atoms with van der Waals surface area (Å²) in [6, 6.07) is 7.24. The van der Waals surface area contributed by atoms with E-state index in [0.29, 0.717) is 5.02 Å². The zero-order chi connectivity index (χ0) is 12.3.